The smallest absolute Gasteiger partial charge is 0.209 e. The fourth-order valence-corrected chi connectivity index (χ4v) is 3.10. The van der Waals surface area contributed by atoms with E-state index in [1.807, 2.05) is 4.68 Å². The van der Waals surface area contributed by atoms with E-state index in [9.17, 15) is 0 Å². The molecule has 0 atom stereocenters. The first kappa shape index (κ1) is 18.4. The molecule has 21 heavy (non-hydrogen) atoms. The molecule has 0 unspecified atom stereocenters. The molecule has 1 N–H and O–H groups in total. The van der Waals surface area contributed by atoms with Gasteiger partial charge in [0.15, 0.2) is 0 Å². The summed E-state index contributed by atoms with van der Waals surface area (Å²) in [5.74, 6) is 1.12. The normalized spacial score (nSPS) is 11.1. The molecule has 0 amide bonds. The van der Waals surface area contributed by atoms with Crippen LogP contribution in [-0.2, 0) is 6.54 Å². The van der Waals surface area contributed by atoms with Crippen molar-refractivity contribution < 1.29 is 0 Å². The van der Waals surface area contributed by atoms with Crippen molar-refractivity contribution in [3.05, 3.63) is 0 Å². The Bertz CT molecular complexity index is 343. The Kier molecular flexibility index (Phi) is 11.5. The summed E-state index contributed by atoms with van der Waals surface area (Å²) < 4.78 is 1.90. The summed E-state index contributed by atoms with van der Waals surface area (Å²) in [7, 11) is 0. The van der Waals surface area contributed by atoms with E-state index in [0.29, 0.717) is 0 Å². The summed E-state index contributed by atoms with van der Waals surface area (Å²) in [6.07, 6.45) is 10.9. The Morgan fingerprint density at radius 2 is 1.71 bits per heavy atom. The first-order valence-electron chi connectivity index (χ1n) is 8.48. The highest BCUT2D eigenvalue weighted by Crippen LogP contribution is 2.17. The van der Waals surface area contributed by atoms with E-state index in [1.165, 1.54) is 51.4 Å². The zero-order valence-corrected chi connectivity index (χ0v) is 14.5. The number of thioether (sulfide) groups is 1. The van der Waals surface area contributed by atoms with Crippen LogP contribution < -0.4 is 5.32 Å². The van der Waals surface area contributed by atoms with Gasteiger partial charge in [-0.2, -0.15) is 0 Å². The van der Waals surface area contributed by atoms with Crippen LogP contribution in [0.3, 0.4) is 0 Å². The first-order chi connectivity index (χ1) is 10.4. The van der Waals surface area contributed by atoms with Crippen LogP contribution in [0, 0.1) is 0 Å². The molecule has 122 valence electrons. The highest BCUT2D eigenvalue weighted by Gasteiger charge is 2.05. The zero-order valence-electron chi connectivity index (χ0n) is 13.7. The van der Waals surface area contributed by atoms with Gasteiger partial charge in [0, 0.05) is 12.3 Å². The molecule has 0 aliphatic rings. The number of unbranched alkanes of at least 4 members (excludes halogenated alkanes) is 7. The number of hydrogen-bond donors (Lipinski definition) is 1. The van der Waals surface area contributed by atoms with Crippen LogP contribution in [0.2, 0.25) is 0 Å². The highest BCUT2D eigenvalue weighted by atomic mass is 32.2. The average Bonchev–Trinajstić information content (AvgIpc) is 2.93. The molecule has 0 spiro atoms. The maximum absolute atomic E-state index is 4.10. The topological polar surface area (TPSA) is 55.6 Å². The summed E-state index contributed by atoms with van der Waals surface area (Å²) in [5, 5.41) is 16.2. The van der Waals surface area contributed by atoms with Crippen LogP contribution in [0.1, 0.15) is 65.2 Å². The molecule has 1 rings (SSSR count). The Morgan fingerprint density at radius 1 is 1.00 bits per heavy atom. The monoisotopic (exact) mass is 313 g/mol. The Labute approximate surface area is 133 Å². The summed E-state index contributed by atoms with van der Waals surface area (Å²) in [6, 6.07) is 0. The van der Waals surface area contributed by atoms with Crippen molar-refractivity contribution in [1.29, 1.82) is 0 Å². The van der Waals surface area contributed by atoms with E-state index in [4.69, 9.17) is 0 Å². The van der Waals surface area contributed by atoms with Crippen LogP contribution in [0.5, 0.6) is 0 Å². The van der Waals surface area contributed by atoms with E-state index in [1.54, 1.807) is 11.8 Å². The van der Waals surface area contributed by atoms with Crippen LogP contribution >= 0.6 is 11.8 Å². The summed E-state index contributed by atoms with van der Waals surface area (Å²) in [6.45, 7) is 7.14. The van der Waals surface area contributed by atoms with Gasteiger partial charge >= 0.3 is 0 Å². The zero-order chi connectivity index (χ0) is 15.2. The summed E-state index contributed by atoms with van der Waals surface area (Å²) in [5.41, 5.74) is 0. The standard InChI is InChI=1S/C15H31N5S/c1-3-5-6-7-8-9-10-11-14-21-15-17-18-19-20(15)13-12-16-4-2/h16H,3-14H2,1-2H3. The summed E-state index contributed by atoms with van der Waals surface area (Å²) in [4.78, 5) is 0. The molecule has 0 bridgehead atoms. The maximum atomic E-state index is 4.10. The van der Waals surface area contributed by atoms with Gasteiger partial charge in [-0.25, -0.2) is 4.68 Å². The van der Waals surface area contributed by atoms with Gasteiger partial charge in [-0.3, -0.25) is 0 Å². The van der Waals surface area contributed by atoms with Gasteiger partial charge in [-0.05, 0) is 23.4 Å². The Balaban J connectivity index is 2.01. The molecule has 1 aromatic rings. The molecular weight excluding hydrogens is 282 g/mol. The fraction of sp³-hybridized carbons (Fsp3) is 0.933. The van der Waals surface area contributed by atoms with Crippen LogP contribution in [0.15, 0.2) is 5.16 Å². The second-order valence-corrected chi connectivity index (χ2v) is 6.42. The van der Waals surface area contributed by atoms with Crippen molar-refractivity contribution in [3.8, 4) is 0 Å². The minimum atomic E-state index is 0.848. The second kappa shape index (κ2) is 13.1. The molecule has 1 heterocycles. The van der Waals surface area contributed by atoms with Crippen LogP contribution in [0.4, 0.5) is 0 Å². The lowest BCUT2D eigenvalue weighted by Gasteiger charge is -2.05. The summed E-state index contributed by atoms with van der Waals surface area (Å²) >= 11 is 1.78. The SMILES string of the molecule is CCCCCCCCCCSc1nnnn1CCNCC. The van der Waals surface area contributed by atoms with Gasteiger partial charge in [-0.15, -0.1) is 5.10 Å². The third-order valence-electron chi connectivity index (χ3n) is 3.48. The third kappa shape index (κ3) is 9.09. The lowest BCUT2D eigenvalue weighted by molar-refractivity contribution is 0.517. The highest BCUT2D eigenvalue weighted by molar-refractivity contribution is 7.99. The largest absolute Gasteiger partial charge is 0.315 e. The Morgan fingerprint density at radius 3 is 2.43 bits per heavy atom. The average molecular weight is 314 g/mol. The molecule has 0 aliphatic carbocycles. The predicted octanol–water partition coefficient (Wildman–Crippen LogP) is 3.52. The van der Waals surface area contributed by atoms with Gasteiger partial charge in [0.1, 0.15) is 0 Å². The van der Waals surface area contributed by atoms with Crippen molar-refractivity contribution in [2.75, 3.05) is 18.8 Å². The van der Waals surface area contributed by atoms with Crippen molar-refractivity contribution in [1.82, 2.24) is 25.5 Å². The van der Waals surface area contributed by atoms with Gasteiger partial charge < -0.3 is 5.32 Å². The first-order valence-corrected chi connectivity index (χ1v) is 9.46. The minimum absolute atomic E-state index is 0.848. The van der Waals surface area contributed by atoms with Crippen molar-refractivity contribution in [2.24, 2.45) is 0 Å². The lowest BCUT2D eigenvalue weighted by Crippen LogP contribution is -2.20. The van der Waals surface area contributed by atoms with E-state index in [-0.39, 0.29) is 0 Å². The number of nitrogens with one attached hydrogen (secondary N) is 1. The van der Waals surface area contributed by atoms with Gasteiger partial charge in [0.25, 0.3) is 0 Å². The van der Waals surface area contributed by atoms with E-state index in [0.717, 1.165) is 30.5 Å². The molecule has 0 saturated carbocycles. The molecular formula is C15H31N5S. The number of hydrogen-bond acceptors (Lipinski definition) is 5. The van der Waals surface area contributed by atoms with Crippen LogP contribution in [0.25, 0.3) is 0 Å². The third-order valence-corrected chi connectivity index (χ3v) is 4.52. The van der Waals surface area contributed by atoms with E-state index >= 15 is 0 Å². The van der Waals surface area contributed by atoms with Gasteiger partial charge in [-0.1, -0.05) is 70.6 Å². The maximum Gasteiger partial charge on any atom is 0.209 e. The van der Waals surface area contributed by atoms with E-state index < -0.39 is 0 Å². The fourth-order valence-electron chi connectivity index (χ4n) is 2.20. The molecule has 0 aromatic carbocycles. The van der Waals surface area contributed by atoms with Crippen LogP contribution in [-0.4, -0.2) is 39.0 Å². The molecule has 0 radical (unpaired) electrons. The minimum Gasteiger partial charge on any atom is -0.315 e. The number of nitrogens with zero attached hydrogens (tertiary/aromatic N) is 4. The predicted molar refractivity (Wildman–Crippen MR) is 89.7 cm³/mol. The van der Waals surface area contributed by atoms with Crippen molar-refractivity contribution in [3.63, 3.8) is 0 Å². The molecule has 5 nitrogen and oxygen atoms in total. The molecule has 0 aliphatic heterocycles. The van der Waals surface area contributed by atoms with Gasteiger partial charge in [0.05, 0.1) is 6.54 Å². The number of likely N-dealkylation sites (N-methyl/N-ethyl adjacent to an activating group) is 1. The number of rotatable bonds is 14. The molecule has 6 heteroatoms. The number of tetrazole rings is 1. The van der Waals surface area contributed by atoms with Gasteiger partial charge in [0.2, 0.25) is 5.16 Å². The second-order valence-electron chi connectivity index (χ2n) is 5.36. The molecule has 0 fully saturated rings. The lowest BCUT2D eigenvalue weighted by atomic mass is 10.1. The quantitative estimate of drug-likeness (QED) is 0.421. The van der Waals surface area contributed by atoms with Crippen molar-refractivity contribution >= 4 is 11.8 Å². The molecule has 0 saturated heterocycles. The van der Waals surface area contributed by atoms with Crippen molar-refractivity contribution in [2.45, 2.75) is 76.9 Å². The number of aromatic nitrogens is 4. The Hall–Kier alpha value is -0.620. The molecule has 1 aromatic heterocycles. The van der Waals surface area contributed by atoms with E-state index in [2.05, 4.69) is 34.7 Å².